The predicted octanol–water partition coefficient (Wildman–Crippen LogP) is 5.92. The second-order valence-electron chi connectivity index (χ2n) is 5.31. The number of amides is 1. The van der Waals surface area contributed by atoms with Crippen molar-refractivity contribution in [2.75, 3.05) is 11.9 Å². The molecule has 0 fully saturated rings. The van der Waals surface area contributed by atoms with Crippen LogP contribution in [0.1, 0.15) is 17.5 Å². The first-order valence-corrected chi connectivity index (χ1v) is 9.89. The highest BCUT2D eigenvalue weighted by molar-refractivity contribution is 7.20. The fourth-order valence-electron chi connectivity index (χ4n) is 2.47. The molecule has 4 aromatic rings. The number of carbonyl (C=O) groups excluding carboxylic acids is 1. The van der Waals surface area contributed by atoms with Crippen LogP contribution >= 0.6 is 34.3 Å². The molecule has 0 bridgehead atoms. The van der Waals surface area contributed by atoms with E-state index in [1.54, 1.807) is 6.07 Å². The summed E-state index contributed by atoms with van der Waals surface area (Å²) in [5.41, 5.74) is 1.35. The first-order chi connectivity index (χ1) is 12.6. The Bertz CT molecular complexity index is 1080. The number of anilines is 1. The zero-order valence-electron chi connectivity index (χ0n) is 13.6. The highest BCUT2D eigenvalue weighted by Crippen LogP contribution is 2.33. The summed E-state index contributed by atoms with van der Waals surface area (Å²) in [4.78, 5) is 17.9. The van der Waals surface area contributed by atoms with Crippen molar-refractivity contribution in [3.63, 3.8) is 0 Å². The molecule has 0 radical (unpaired) electrons. The first-order valence-electron chi connectivity index (χ1n) is 7.82. The number of nitrogens with one attached hydrogen (secondary N) is 1. The number of thiazole rings is 1. The van der Waals surface area contributed by atoms with E-state index in [1.165, 1.54) is 22.7 Å². The number of rotatable bonds is 5. The summed E-state index contributed by atoms with van der Waals surface area (Å²) in [6.07, 6.45) is 0. The van der Waals surface area contributed by atoms with Gasteiger partial charge in [-0.25, -0.2) is 4.98 Å². The van der Waals surface area contributed by atoms with Crippen LogP contribution in [-0.4, -0.2) is 17.5 Å². The van der Waals surface area contributed by atoms with Gasteiger partial charge < -0.3 is 9.15 Å². The topological polar surface area (TPSA) is 64.4 Å². The second-order valence-corrected chi connectivity index (χ2v) is 7.89. The molecule has 8 heteroatoms. The van der Waals surface area contributed by atoms with Gasteiger partial charge in [-0.2, -0.15) is 0 Å². The monoisotopic (exact) mass is 404 g/mol. The van der Waals surface area contributed by atoms with E-state index in [4.69, 9.17) is 20.8 Å². The molecule has 0 saturated heterocycles. The molecule has 3 heterocycles. The molecule has 3 aromatic heterocycles. The average molecular weight is 405 g/mol. The molecule has 0 atom stereocenters. The van der Waals surface area contributed by atoms with Crippen molar-refractivity contribution in [3.8, 4) is 16.3 Å². The van der Waals surface area contributed by atoms with Gasteiger partial charge >= 0.3 is 0 Å². The predicted molar refractivity (Wildman–Crippen MR) is 106 cm³/mol. The van der Waals surface area contributed by atoms with Crippen LogP contribution in [0.4, 0.5) is 5.13 Å². The first kappa shape index (κ1) is 17.1. The van der Waals surface area contributed by atoms with Gasteiger partial charge in [-0.05, 0) is 31.2 Å². The van der Waals surface area contributed by atoms with E-state index < -0.39 is 0 Å². The number of halogens is 1. The third-order valence-corrected chi connectivity index (χ3v) is 5.59. The van der Waals surface area contributed by atoms with E-state index in [-0.39, 0.29) is 11.7 Å². The Morgan fingerprint density at radius 1 is 1.35 bits per heavy atom. The number of hydrogen-bond acceptors (Lipinski definition) is 6. The Morgan fingerprint density at radius 2 is 2.23 bits per heavy atom. The van der Waals surface area contributed by atoms with E-state index in [9.17, 15) is 4.79 Å². The van der Waals surface area contributed by atoms with E-state index in [1.807, 2.05) is 42.6 Å². The van der Waals surface area contributed by atoms with Crippen LogP contribution in [0.2, 0.25) is 4.34 Å². The standard InChI is InChI=1S/C18H13ClN2O3S2/c1-2-23-12-5-3-4-10-8-13(24-16(10)12)17(22)21-18-20-11(9-25-18)14-6-7-15(19)26-14/h3-9H,2H2,1H3,(H,20,21,22). The molecule has 132 valence electrons. The van der Waals surface area contributed by atoms with Gasteiger partial charge in [0.05, 0.1) is 21.5 Å². The molecule has 1 amide bonds. The summed E-state index contributed by atoms with van der Waals surface area (Å²) in [5, 5.41) is 5.97. The van der Waals surface area contributed by atoms with E-state index >= 15 is 0 Å². The Labute approximate surface area is 162 Å². The maximum Gasteiger partial charge on any atom is 0.293 e. The molecule has 0 aliphatic carbocycles. The van der Waals surface area contributed by atoms with Crippen LogP contribution in [0.25, 0.3) is 21.5 Å². The van der Waals surface area contributed by atoms with Gasteiger partial charge in [-0.15, -0.1) is 22.7 Å². The largest absolute Gasteiger partial charge is 0.490 e. The van der Waals surface area contributed by atoms with E-state index in [2.05, 4.69) is 10.3 Å². The minimum absolute atomic E-state index is 0.211. The number of furan rings is 1. The smallest absolute Gasteiger partial charge is 0.293 e. The summed E-state index contributed by atoms with van der Waals surface area (Å²) in [7, 11) is 0. The lowest BCUT2D eigenvalue weighted by Crippen LogP contribution is -2.10. The summed E-state index contributed by atoms with van der Waals surface area (Å²) in [6, 6.07) is 11.0. The summed E-state index contributed by atoms with van der Waals surface area (Å²) in [5.74, 6) is 0.479. The van der Waals surface area contributed by atoms with Crippen molar-refractivity contribution in [2.24, 2.45) is 0 Å². The van der Waals surface area contributed by atoms with Crippen molar-refractivity contribution in [2.45, 2.75) is 6.92 Å². The van der Waals surface area contributed by atoms with Gasteiger partial charge in [0.1, 0.15) is 0 Å². The van der Waals surface area contributed by atoms with Crippen molar-refractivity contribution in [1.82, 2.24) is 4.98 Å². The summed E-state index contributed by atoms with van der Waals surface area (Å²) in [6.45, 7) is 2.42. The van der Waals surface area contributed by atoms with Crippen LogP contribution < -0.4 is 10.1 Å². The van der Waals surface area contributed by atoms with Gasteiger partial charge in [0.2, 0.25) is 0 Å². The SMILES string of the molecule is CCOc1cccc2cc(C(=O)Nc3nc(-c4ccc(Cl)s4)cs3)oc12. The van der Waals surface area contributed by atoms with Crippen LogP contribution in [0.3, 0.4) is 0 Å². The molecule has 5 nitrogen and oxygen atoms in total. The van der Waals surface area contributed by atoms with E-state index in [0.717, 1.165) is 16.0 Å². The quantitative estimate of drug-likeness (QED) is 0.448. The number of carbonyl (C=O) groups is 1. The fraction of sp³-hybridized carbons (Fsp3) is 0.111. The van der Waals surface area contributed by atoms with Crippen molar-refractivity contribution >= 4 is 56.3 Å². The average Bonchev–Trinajstić information content (AvgIpc) is 3.34. The van der Waals surface area contributed by atoms with Crippen molar-refractivity contribution in [3.05, 3.63) is 51.9 Å². The third kappa shape index (κ3) is 3.33. The van der Waals surface area contributed by atoms with Gasteiger partial charge in [0.15, 0.2) is 22.2 Å². The number of benzene rings is 1. The number of thiophene rings is 1. The normalized spacial score (nSPS) is 11.0. The van der Waals surface area contributed by atoms with Gasteiger partial charge in [-0.3, -0.25) is 10.1 Å². The lowest BCUT2D eigenvalue weighted by molar-refractivity contribution is 0.0998. The van der Waals surface area contributed by atoms with Crippen LogP contribution in [0.15, 0.2) is 46.2 Å². The lowest BCUT2D eigenvalue weighted by atomic mass is 10.2. The number of hydrogen-bond donors (Lipinski definition) is 1. The Hall–Kier alpha value is -2.35. The molecule has 1 aromatic carbocycles. The number of ether oxygens (including phenoxy) is 1. The lowest BCUT2D eigenvalue weighted by Gasteiger charge is -2.02. The maximum absolute atomic E-state index is 12.5. The molecule has 0 aliphatic rings. The van der Waals surface area contributed by atoms with Crippen LogP contribution in [0.5, 0.6) is 5.75 Å². The Kier molecular flexibility index (Phi) is 4.67. The maximum atomic E-state index is 12.5. The number of nitrogens with zero attached hydrogens (tertiary/aromatic N) is 1. The summed E-state index contributed by atoms with van der Waals surface area (Å²) < 4.78 is 11.9. The molecule has 0 saturated carbocycles. The van der Waals surface area contributed by atoms with Crippen molar-refractivity contribution in [1.29, 1.82) is 0 Å². The Balaban J connectivity index is 1.56. The zero-order valence-corrected chi connectivity index (χ0v) is 16.0. The molecule has 0 aliphatic heterocycles. The van der Waals surface area contributed by atoms with Gasteiger partial charge in [0.25, 0.3) is 5.91 Å². The molecule has 4 rings (SSSR count). The number of aromatic nitrogens is 1. The minimum atomic E-state index is -0.353. The molecule has 0 unspecified atom stereocenters. The highest BCUT2D eigenvalue weighted by atomic mass is 35.5. The van der Waals surface area contributed by atoms with Gasteiger partial charge in [-0.1, -0.05) is 23.7 Å². The molecule has 26 heavy (non-hydrogen) atoms. The molecule has 0 spiro atoms. The van der Waals surface area contributed by atoms with Crippen LogP contribution in [-0.2, 0) is 0 Å². The molecular formula is C18H13ClN2O3S2. The van der Waals surface area contributed by atoms with Gasteiger partial charge in [0, 0.05) is 10.8 Å². The molecular weight excluding hydrogens is 392 g/mol. The summed E-state index contributed by atoms with van der Waals surface area (Å²) >= 11 is 8.75. The number of fused-ring (bicyclic) bond motifs is 1. The van der Waals surface area contributed by atoms with Crippen LogP contribution in [0, 0.1) is 0 Å². The third-order valence-electron chi connectivity index (χ3n) is 3.58. The second kappa shape index (κ2) is 7.11. The van der Waals surface area contributed by atoms with Crippen molar-refractivity contribution < 1.29 is 13.9 Å². The Morgan fingerprint density at radius 3 is 3.00 bits per heavy atom. The minimum Gasteiger partial charge on any atom is -0.490 e. The molecule has 1 N–H and O–H groups in total. The highest BCUT2D eigenvalue weighted by Gasteiger charge is 2.17. The number of para-hydroxylation sites is 1. The fourth-order valence-corrected chi connectivity index (χ4v) is 4.26. The van der Waals surface area contributed by atoms with E-state index in [0.29, 0.717) is 27.4 Å². The zero-order chi connectivity index (χ0) is 18.1.